The molecule has 0 aromatic carbocycles. The quantitative estimate of drug-likeness (QED) is 0.699. The van der Waals surface area contributed by atoms with E-state index in [1.165, 1.54) is 32.4 Å². The van der Waals surface area contributed by atoms with Crippen molar-refractivity contribution in [2.45, 2.75) is 25.3 Å². The van der Waals surface area contributed by atoms with Gasteiger partial charge in [-0.2, -0.15) is 0 Å². The lowest BCUT2D eigenvalue weighted by Gasteiger charge is -2.26. The van der Waals surface area contributed by atoms with Gasteiger partial charge >= 0.3 is 0 Å². The molecule has 0 aromatic rings. The van der Waals surface area contributed by atoms with E-state index in [-0.39, 0.29) is 0 Å². The molecule has 78 valence electrons. The molecule has 1 aliphatic heterocycles. The van der Waals surface area contributed by atoms with Crippen LogP contribution in [0.15, 0.2) is 0 Å². The Balaban J connectivity index is 2.22. The Kier molecular flexibility index (Phi) is 5.35. The molecule has 1 saturated heterocycles. The maximum atomic E-state index is 5.08. The number of ether oxygens (including phenoxy) is 1. The first-order valence-corrected chi connectivity index (χ1v) is 5.24. The van der Waals surface area contributed by atoms with Gasteiger partial charge in [-0.15, -0.1) is 0 Å². The van der Waals surface area contributed by atoms with Crippen molar-refractivity contribution >= 4 is 0 Å². The van der Waals surface area contributed by atoms with Crippen LogP contribution in [0.4, 0.5) is 0 Å². The Morgan fingerprint density at radius 3 is 3.00 bits per heavy atom. The number of methoxy groups -OCH3 is 1. The molecule has 0 spiro atoms. The van der Waals surface area contributed by atoms with Gasteiger partial charge in [0.2, 0.25) is 0 Å². The second kappa shape index (κ2) is 6.35. The molecule has 0 aromatic heterocycles. The number of likely N-dealkylation sites (N-methyl/N-ethyl adjacent to an activating group) is 1. The van der Waals surface area contributed by atoms with Gasteiger partial charge in [0.15, 0.2) is 0 Å². The molecule has 0 bridgehead atoms. The van der Waals surface area contributed by atoms with E-state index >= 15 is 0 Å². The Morgan fingerprint density at radius 2 is 2.23 bits per heavy atom. The van der Waals surface area contributed by atoms with Gasteiger partial charge in [-0.1, -0.05) is 0 Å². The summed E-state index contributed by atoms with van der Waals surface area (Å²) >= 11 is 0. The fraction of sp³-hybridized carbons (Fsp3) is 1.00. The molecule has 3 nitrogen and oxygen atoms in total. The van der Waals surface area contributed by atoms with Crippen molar-refractivity contribution in [3.63, 3.8) is 0 Å². The summed E-state index contributed by atoms with van der Waals surface area (Å²) in [6, 6.07) is 0.755. The molecule has 13 heavy (non-hydrogen) atoms. The van der Waals surface area contributed by atoms with Gasteiger partial charge in [0.05, 0.1) is 6.61 Å². The lowest BCUT2D eigenvalue weighted by molar-refractivity contribution is 0.133. The summed E-state index contributed by atoms with van der Waals surface area (Å²) in [6.07, 6.45) is 3.91. The van der Waals surface area contributed by atoms with E-state index in [9.17, 15) is 0 Å². The highest BCUT2D eigenvalue weighted by molar-refractivity contribution is 4.73. The third-order valence-electron chi connectivity index (χ3n) is 2.82. The Bertz CT molecular complexity index is 122. The van der Waals surface area contributed by atoms with Gasteiger partial charge in [0.25, 0.3) is 0 Å². The summed E-state index contributed by atoms with van der Waals surface area (Å²) in [7, 11) is 3.97. The minimum atomic E-state index is 0.755. The average Bonchev–Trinajstić information content (AvgIpc) is 2.42. The van der Waals surface area contributed by atoms with Gasteiger partial charge in [-0.05, 0) is 39.4 Å². The number of nitrogens with one attached hydrogen (secondary N) is 1. The van der Waals surface area contributed by atoms with E-state index in [1.54, 1.807) is 7.11 Å². The lowest BCUT2D eigenvalue weighted by Crippen LogP contribution is -2.34. The summed E-state index contributed by atoms with van der Waals surface area (Å²) in [4.78, 5) is 2.43. The predicted molar refractivity (Wildman–Crippen MR) is 55.0 cm³/mol. The molecule has 0 radical (unpaired) electrons. The van der Waals surface area contributed by atoms with Crippen LogP contribution in [0, 0.1) is 0 Å². The first-order valence-electron chi connectivity index (χ1n) is 5.24. The summed E-state index contributed by atoms with van der Waals surface area (Å²) in [5, 5.41) is 3.43. The average molecular weight is 186 g/mol. The van der Waals surface area contributed by atoms with Gasteiger partial charge in [0, 0.05) is 19.7 Å². The van der Waals surface area contributed by atoms with Gasteiger partial charge in [-0.3, -0.25) is 0 Å². The molecule has 1 unspecified atom stereocenters. The monoisotopic (exact) mass is 186 g/mol. The van der Waals surface area contributed by atoms with Gasteiger partial charge < -0.3 is 15.0 Å². The summed E-state index contributed by atoms with van der Waals surface area (Å²) < 4.78 is 5.08. The highest BCUT2D eigenvalue weighted by Gasteiger charge is 2.15. The molecule has 1 atom stereocenters. The Hall–Kier alpha value is -0.120. The van der Waals surface area contributed by atoms with Crippen LogP contribution in [0.3, 0.4) is 0 Å². The van der Waals surface area contributed by atoms with Crippen molar-refractivity contribution in [2.75, 3.05) is 40.4 Å². The number of hydrogen-bond acceptors (Lipinski definition) is 3. The van der Waals surface area contributed by atoms with Crippen molar-refractivity contribution in [3.05, 3.63) is 0 Å². The normalized spacial score (nSPS) is 24.7. The first kappa shape index (κ1) is 11.0. The predicted octanol–water partition coefficient (Wildman–Crippen LogP) is 0.707. The molecule has 1 N–H and O–H groups in total. The number of hydrogen-bond donors (Lipinski definition) is 1. The topological polar surface area (TPSA) is 24.5 Å². The van der Waals surface area contributed by atoms with E-state index in [2.05, 4.69) is 17.3 Å². The maximum absolute atomic E-state index is 5.08. The fourth-order valence-electron chi connectivity index (χ4n) is 1.86. The fourth-order valence-corrected chi connectivity index (χ4v) is 1.86. The summed E-state index contributed by atoms with van der Waals surface area (Å²) in [5.41, 5.74) is 0. The van der Waals surface area contributed by atoms with Gasteiger partial charge in [0.1, 0.15) is 0 Å². The maximum Gasteiger partial charge on any atom is 0.0589 e. The second-order valence-corrected chi connectivity index (χ2v) is 3.81. The smallest absolute Gasteiger partial charge is 0.0589 e. The zero-order valence-electron chi connectivity index (χ0n) is 8.88. The van der Waals surface area contributed by atoms with E-state index in [4.69, 9.17) is 4.74 Å². The number of nitrogens with zero attached hydrogens (tertiary/aromatic N) is 1. The van der Waals surface area contributed by atoms with E-state index in [1.807, 2.05) is 0 Å². The molecular weight excluding hydrogens is 164 g/mol. The zero-order chi connectivity index (χ0) is 9.52. The summed E-state index contributed by atoms with van der Waals surface area (Å²) in [5.74, 6) is 0. The van der Waals surface area contributed by atoms with Crippen LogP contribution in [0.2, 0.25) is 0 Å². The molecule has 3 heteroatoms. The summed E-state index contributed by atoms with van der Waals surface area (Å²) in [6.45, 7) is 4.26. The number of rotatable bonds is 4. The van der Waals surface area contributed by atoms with Gasteiger partial charge in [-0.25, -0.2) is 0 Å². The SMILES string of the molecule is COCCN(C)C1CCCNCC1. The molecule has 0 amide bonds. The highest BCUT2D eigenvalue weighted by Crippen LogP contribution is 2.10. The molecule has 1 rings (SSSR count). The van der Waals surface area contributed by atoms with Crippen LogP contribution in [-0.2, 0) is 4.74 Å². The molecule has 0 aliphatic carbocycles. The zero-order valence-corrected chi connectivity index (χ0v) is 8.88. The van der Waals surface area contributed by atoms with Crippen molar-refractivity contribution in [3.8, 4) is 0 Å². The Morgan fingerprint density at radius 1 is 1.38 bits per heavy atom. The standard InChI is InChI=1S/C10H22N2O/c1-12(8-9-13-2)10-4-3-6-11-7-5-10/h10-11H,3-9H2,1-2H3. The van der Waals surface area contributed by atoms with Crippen LogP contribution >= 0.6 is 0 Å². The van der Waals surface area contributed by atoms with Crippen LogP contribution < -0.4 is 5.32 Å². The van der Waals surface area contributed by atoms with Crippen molar-refractivity contribution in [1.29, 1.82) is 0 Å². The van der Waals surface area contributed by atoms with Crippen LogP contribution in [0.25, 0.3) is 0 Å². The highest BCUT2D eigenvalue weighted by atomic mass is 16.5. The third-order valence-corrected chi connectivity index (χ3v) is 2.82. The van der Waals surface area contributed by atoms with Crippen LogP contribution in [0.1, 0.15) is 19.3 Å². The molecule has 1 heterocycles. The largest absolute Gasteiger partial charge is 0.383 e. The van der Waals surface area contributed by atoms with Crippen molar-refractivity contribution in [2.24, 2.45) is 0 Å². The van der Waals surface area contributed by atoms with E-state index in [0.717, 1.165) is 19.2 Å². The first-order chi connectivity index (χ1) is 6.34. The van der Waals surface area contributed by atoms with Crippen LogP contribution in [0.5, 0.6) is 0 Å². The van der Waals surface area contributed by atoms with Crippen molar-refractivity contribution < 1.29 is 4.74 Å². The molecule has 1 aliphatic rings. The molecule has 0 saturated carbocycles. The Labute approximate surface area is 81.4 Å². The molecular formula is C10H22N2O. The van der Waals surface area contributed by atoms with Crippen molar-refractivity contribution in [1.82, 2.24) is 10.2 Å². The van der Waals surface area contributed by atoms with Crippen LogP contribution in [-0.4, -0.2) is 51.3 Å². The minimum absolute atomic E-state index is 0.755. The minimum Gasteiger partial charge on any atom is -0.383 e. The molecule has 1 fully saturated rings. The van der Waals surface area contributed by atoms with E-state index < -0.39 is 0 Å². The second-order valence-electron chi connectivity index (χ2n) is 3.81. The third kappa shape index (κ3) is 4.07. The van der Waals surface area contributed by atoms with E-state index in [0.29, 0.717) is 0 Å². The lowest BCUT2D eigenvalue weighted by atomic mass is 10.1.